The molecule has 1 aliphatic rings. The molecule has 1 aromatic rings. The molecule has 0 spiro atoms. The second-order valence-corrected chi connectivity index (χ2v) is 3.40. The minimum absolute atomic E-state index is 0.745. The van der Waals surface area contributed by atoms with Crippen molar-refractivity contribution < 1.29 is 9.53 Å². The normalized spacial score (nSPS) is 12.3. The lowest BCUT2D eigenvalue weighted by atomic mass is 10.1. The van der Waals surface area contributed by atoms with Crippen molar-refractivity contribution in [2.75, 3.05) is 12.8 Å². The molecule has 0 fully saturated rings. The van der Waals surface area contributed by atoms with Crippen LogP contribution in [0, 0.1) is 0 Å². The monoisotopic (exact) mass is 208 g/mol. The van der Waals surface area contributed by atoms with E-state index in [1.807, 2.05) is 6.07 Å². The van der Waals surface area contributed by atoms with E-state index in [0.29, 0.717) is 0 Å². The zero-order valence-corrected chi connectivity index (χ0v) is 8.82. The molecule has 0 radical (unpaired) electrons. The van der Waals surface area contributed by atoms with Crippen molar-refractivity contribution >= 4 is 11.8 Å². The van der Waals surface area contributed by atoms with Gasteiger partial charge in [-0.15, -0.1) is 0 Å². The largest absolute Gasteiger partial charge is 0.453 e. The number of benzene rings is 1. The number of nitrogens with two attached hydrogens (primary N) is 2. The molecule has 15 heavy (non-hydrogen) atoms. The molecule has 1 aliphatic carbocycles. The summed E-state index contributed by atoms with van der Waals surface area (Å²) in [5.41, 5.74) is 13.9. The van der Waals surface area contributed by atoms with Crippen LogP contribution in [0.1, 0.15) is 17.5 Å². The standard InChI is InChI=1S/C9H11N.C2H5NO2/c10-9-5-4-7-2-1-3-8(7)6-9;1-5-2(3)4/h4-6H,1-3,10H2;1H3,(H2,3,4). The summed E-state index contributed by atoms with van der Waals surface area (Å²) in [6.07, 6.45) is 3.03. The van der Waals surface area contributed by atoms with Crippen molar-refractivity contribution in [2.45, 2.75) is 19.3 Å². The smallest absolute Gasteiger partial charge is 0.404 e. The molecule has 4 N–H and O–H groups in total. The van der Waals surface area contributed by atoms with Gasteiger partial charge in [-0.1, -0.05) is 6.07 Å². The van der Waals surface area contributed by atoms with Gasteiger partial charge in [0.25, 0.3) is 0 Å². The summed E-state index contributed by atoms with van der Waals surface area (Å²) in [4.78, 5) is 9.37. The van der Waals surface area contributed by atoms with E-state index in [9.17, 15) is 4.79 Å². The summed E-state index contributed by atoms with van der Waals surface area (Å²) in [5, 5.41) is 0. The molecule has 1 aromatic carbocycles. The first-order valence-corrected chi connectivity index (χ1v) is 4.84. The van der Waals surface area contributed by atoms with Crippen LogP contribution in [-0.2, 0) is 17.6 Å². The Labute approximate surface area is 89.2 Å². The number of hydrogen-bond donors (Lipinski definition) is 2. The van der Waals surface area contributed by atoms with Crippen LogP contribution in [-0.4, -0.2) is 13.2 Å². The van der Waals surface area contributed by atoms with Crippen LogP contribution in [0.3, 0.4) is 0 Å². The first kappa shape index (κ1) is 11.4. The van der Waals surface area contributed by atoms with Crippen LogP contribution in [0.4, 0.5) is 10.5 Å². The number of ether oxygens (including phenoxy) is 1. The van der Waals surface area contributed by atoms with Gasteiger partial charge in [0.1, 0.15) is 0 Å². The fraction of sp³-hybridized carbons (Fsp3) is 0.364. The van der Waals surface area contributed by atoms with Gasteiger partial charge in [-0.25, -0.2) is 4.79 Å². The molecule has 0 bridgehead atoms. The van der Waals surface area contributed by atoms with Gasteiger partial charge in [0.2, 0.25) is 0 Å². The molecule has 0 saturated carbocycles. The quantitative estimate of drug-likeness (QED) is 0.634. The number of amides is 1. The average Bonchev–Trinajstić information content (AvgIpc) is 2.65. The third-order valence-corrected chi connectivity index (χ3v) is 2.32. The van der Waals surface area contributed by atoms with Crippen LogP contribution < -0.4 is 11.5 Å². The van der Waals surface area contributed by atoms with Gasteiger partial charge in [-0.3, -0.25) is 0 Å². The van der Waals surface area contributed by atoms with Crippen LogP contribution in [0.2, 0.25) is 0 Å². The van der Waals surface area contributed by atoms with Crippen molar-refractivity contribution in [1.82, 2.24) is 0 Å². The minimum Gasteiger partial charge on any atom is -0.453 e. The van der Waals surface area contributed by atoms with Gasteiger partial charge in [0.05, 0.1) is 7.11 Å². The summed E-state index contributed by atoms with van der Waals surface area (Å²) in [7, 11) is 1.22. The Morgan fingerprint density at radius 3 is 2.53 bits per heavy atom. The van der Waals surface area contributed by atoms with Gasteiger partial charge < -0.3 is 16.2 Å². The van der Waals surface area contributed by atoms with Gasteiger partial charge in [0.15, 0.2) is 0 Å². The molecular formula is C11H16N2O2. The molecule has 82 valence electrons. The number of aryl methyl sites for hydroxylation is 2. The molecule has 0 atom stereocenters. The van der Waals surface area contributed by atoms with Crippen LogP contribution in [0.5, 0.6) is 0 Å². The second kappa shape index (κ2) is 5.24. The Balaban J connectivity index is 0.000000195. The lowest BCUT2D eigenvalue weighted by Gasteiger charge is -1.98. The average molecular weight is 208 g/mol. The third-order valence-electron chi connectivity index (χ3n) is 2.32. The van der Waals surface area contributed by atoms with E-state index >= 15 is 0 Å². The lowest BCUT2D eigenvalue weighted by Crippen LogP contribution is -2.08. The highest BCUT2D eigenvalue weighted by molar-refractivity contribution is 5.64. The van der Waals surface area contributed by atoms with Gasteiger partial charge in [0, 0.05) is 5.69 Å². The molecule has 0 saturated heterocycles. The number of carbonyl (C=O) groups is 1. The Morgan fingerprint density at radius 1 is 1.33 bits per heavy atom. The van der Waals surface area contributed by atoms with Gasteiger partial charge in [-0.05, 0) is 42.5 Å². The van der Waals surface area contributed by atoms with Gasteiger partial charge >= 0.3 is 6.09 Å². The summed E-state index contributed by atoms with van der Waals surface area (Å²) in [5.74, 6) is 0. The number of hydrogen-bond acceptors (Lipinski definition) is 3. The van der Waals surface area contributed by atoms with E-state index in [1.165, 1.54) is 37.5 Å². The van der Waals surface area contributed by atoms with Crippen LogP contribution in [0.15, 0.2) is 18.2 Å². The molecule has 0 aromatic heterocycles. The first-order chi connectivity index (χ1) is 7.13. The van der Waals surface area contributed by atoms with Crippen molar-refractivity contribution in [3.63, 3.8) is 0 Å². The van der Waals surface area contributed by atoms with Crippen molar-refractivity contribution in [3.05, 3.63) is 29.3 Å². The third kappa shape index (κ3) is 3.50. The molecule has 0 heterocycles. The zero-order chi connectivity index (χ0) is 11.3. The second-order valence-electron chi connectivity index (χ2n) is 3.40. The highest BCUT2D eigenvalue weighted by atomic mass is 16.5. The fourth-order valence-corrected chi connectivity index (χ4v) is 1.59. The number of carbonyl (C=O) groups excluding carboxylic acids is 1. The molecule has 2 rings (SSSR count). The van der Waals surface area contributed by atoms with E-state index in [1.54, 1.807) is 0 Å². The topological polar surface area (TPSA) is 78.3 Å². The summed E-state index contributed by atoms with van der Waals surface area (Å²) in [6, 6.07) is 6.24. The molecular weight excluding hydrogens is 192 g/mol. The van der Waals surface area contributed by atoms with E-state index in [4.69, 9.17) is 5.73 Å². The number of rotatable bonds is 0. The maximum Gasteiger partial charge on any atom is 0.404 e. The Morgan fingerprint density at radius 2 is 1.93 bits per heavy atom. The predicted molar refractivity (Wildman–Crippen MR) is 59.5 cm³/mol. The summed E-state index contributed by atoms with van der Waals surface area (Å²) >= 11 is 0. The maximum absolute atomic E-state index is 9.37. The van der Waals surface area contributed by atoms with Crippen LogP contribution >= 0.6 is 0 Å². The highest BCUT2D eigenvalue weighted by Crippen LogP contribution is 2.23. The number of anilines is 1. The molecule has 1 amide bonds. The maximum atomic E-state index is 9.37. The molecule has 0 aliphatic heterocycles. The molecule has 0 unspecified atom stereocenters. The molecule has 4 heteroatoms. The van der Waals surface area contributed by atoms with Crippen molar-refractivity contribution in [3.8, 4) is 0 Å². The summed E-state index contributed by atoms with van der Waals surface area (Å²) in [6.45, 7) is 0. The van der Waals surface area contributed by atoms with Crippen molar-refractivity contribution in [2.24, 2.45) is 5.73 Å². The number of primary amides is 1. The zero-order valence-electron chi connectivity index (χ0n) is 8.82. The Kier molecular flexibility index (Phi) is 3.97. The predicted octanol–water partition coefficient (Wildman–Crippen LogP) is 1.47. The minimum atomic E-state index is -0.745. The van der Waals surface area contributed by atoms with E-state index < -0.39 is 6.09 Å². The SMILES string of the molecule is COC(N)=O.Nc1ccc2c(c1)CCC2. The van der Waals surface area contributed by atoms with E-state index in [-0.39, 0.29) is 0 Å². The van der Waals surface area contributed by atoms with Crippen molar-refractivity contribution in [1.29, 1.82) is 0 Å². The van der Waals surface area contributed by atoms with E-state index in [2.05, 4.69) is 22.6 Å². The fourth-order valence-electron chi connectivity index (χ4n) is 1.59. The molecule has 4 nitrogen and oxygen atoms in total. The highest BCUT2D eigenvalue weighted by Gasteiger charge is 2.09. The summed E-state index contributed by atoms with van der Waals surface area (Å²) < 4.78 is 3.89. The van der Waals surface area contributed by atoms with Crippen LogP contribution in [0.25, 0.3) is 0 Å². The Bertz CT molecular complexity index is 350. The first-order valence-electron chi connectivity index (χ1n) is 4.84. The Hall–Kier alpha value is -1.71. The number of methoxy groups -OCH3 is 1. The lowest BCUT2D eigenvalue weighted by molar-refractivity contribution is 0.182. The number of nitrogen functional groups attached to an aromatic ring is 1. The van der Waals surface area contributed by atoms with E-state index in [0.717, 1.165) is 5.69 Å². The number of fused-ring (bicyclic) bond motifs is 1. The van der Waals surface area contributed by atoms with Gasteiger partial charge in [-0.2, -0.15) is 0 Å².